The number of hydrogen-bond acceptors (Lipinski definition) is 6. The van der Waals surface area contributed by atoms with Crippen molar-refractivity contribution in [2.45, 2.75) is 13.3 Å². The van der Waals surface area contributed by atoms with Gasteiger partial charge < -0.3 is 30.6 Å². The lowest BCUT2D eigenvalue weighted by Gasteiger charge is -2.18. The van der Waals surface area contributed by atoms with E-state index in [1.807, 2.05) is 61.5 Å². The molecule has 8 nitrogen and oxygen atoms in total. The third kappa shape index (κ3) is 6.98. The number of nitrogens with one attached hydrogen (secondary N) is 3. The number of carboxylic acid groups (broad SMARTS) is 1. The van der Waals surface area contributed by atoms with E-state index in [-0.39, 0.29) is 24.6 Å². The van der Waals surface area contributed by atoms with Crippen molar-refractivity contribution in [1.82, 2.24) is 5.32 Å². The van der Waals surface area contributed by atoms with Gasteiger partial charge in [-0.2, -0.15) is 0 Å². The fourth-order valence-electron chi connectivity index (χ4n) is 3.98. The molecule has 4 N–H and O–H groups in total. The molecular formula is C31H28ClN3O5. The van der Waals surface area contributed by atoms with Crippen molar-refractivity contribution in [2.24, 2.45) is 0 Å². The molecule has 4 aromatic rings. The van der Waals surface area contributed by atoms with Crippen molar-refractivity contribution in [3.05, 3.63) is 106 Å². The Labute approximate surface area is 236 Å². The SMILES string of the molecule is COc1ccc2cc(/C(Nc3cc(Cl)ccc3C)=C(/C=N)Oc3ccc(C(=O)NCCC(=O)O)cc3)ccc2c1. The van der Waals surface area contributed by atoms with Crippen LogP contribution in [0, 0.1) is 12.3 Å². The Morgan fingerprint density at radius 1 is 0.925 bits per heavy atom. The van der Waals surface area contributed by atoms with Crippen LogP contribution in [0.5, 0.6) is 11.5 Å². The second kappa shape index (κ2) is 12.8. The first kappa shape index (κ1) is 28.2. The molecule has 0 bridgehead atoms. The van der Waals surface area contributed by atoms with E-state index in [9.17, 15) is 9.59 Å². The molecule has 0 aliphatic rings. The highest BCUT2D eigenvalue weighted by atomic mass is 35.5. The van der Waals surface area contributed by atoms with Crippen molar-refractivity contribution >= 4 is 51.8 Å². The van der Waals surface area contributed by atoms with Crippen molar-refractivity contribution in [3.63, 3.8) is 0 Å². The minimum absolute atomic E-state index is 0.0313. The van der Waals surface area contributed by atoms with Crippen LogP contribution >= 0.6 is 11.6 Å². The molecule has 0 aliphatic heterocycles. The molecule has 0 aromatic heterocycles. The Hall–Kier alpha value is -4.82. The van der Waals surface area contributed by atoms with Crippen molar-refractivity contribution in [3.8, 4) is 11.5 Å². The van der Waals surface area contributed by atoms with Crippen LogP contribution in [0.15, 0.2) is 84.6 Å². The van der Waals surface area contributed by atoms with E-state index < -0.39 is 5.97 Å². The predicted octanol–water partition coefficient (Wildman–Crippen LogP) is 6.52. The van der Waals surface area contributed by atoms with E-state index in [2.05, 4.69) is 10.6 Å². The summed E-state index contributed by atoms with van der Waals surface area (Å²) in [7, 11) is 1.62. The molecule has 9 heteroatoms. The molecule has 1 amide bonds. The van der Waals surface area contributed by atoms with Crippen molar-refractivity contribution in [2.75, 3.05) is 19.0 Å². The third-order valence-electron chi connectivity index (χ3n) is 6.14. The number of amides is 1. The zero-order valence-corrected chi connectivity index (χ0v) is 22.7. The predicted molar refractivity (Wildman–Crippen MR) is 158 cm³/mol. The number of fused-ring (bicyclic) bond motifs is 1. The van der Waals surface area contributed by atoms with Gasteiger partial charge in [0.15, 0.2) is 5.76 Å². The highest BCUT2D eigenvalue weighted by Gasteiger charge is 2.15. The Kier molecular flexibility index (Phi) is 9.04. The number of methoxy groups -OCH3 is 1. The third-order valence-corrected chi connectivity index (χ3v) is 6.38. The van der Waals surface area contributed by atoms with Crippen LogP contribution in [-0.2, 0) is 4.79 Å². The first-order chi connectivity index (χ1) is 19.3. The van der Waals surface area contributed by atoms with Gasteiger partial charge in [-0.25, -0.2) is 0 Å². The van der Waals surface area contributed by atoms with E-state index in [1.165, 1.54) is 0 Å². The van der Waals surface area contributed by atoms with E-state index >= 15 is 0 Å². The van der Waals surface area contributed by atoms with Crippen molar-refractivity contribution in [1.29, 1.82) is 5.41 Å². The zero-order valence-electron chi connectivity index (χ0n) is 22.0. The van der Waals surface area contributed by atoms with Gasteiger partial charge in [0.1, 0.15) is 11.5 Å². The average Bonchev–Trinajstić information content (AvgIpc) is 2.96. The molecular weight excluding hydrogens is 530 g/mol. The number of allylic oxidation sites excluding steroid dienone is 1. The minimum atomic E-state index is -0.987. The number of rotatable bonds is 11. The first-order valence-corrected chi connectivity index (χ1v) is 12.8. The number of carbonyl (C=O) groups is 2. The number of halogens is 1. The Bertz CT molecular complexity index is 1600. The molecule has 0 atom stereocenters. The molecule has 0 saturated carbocycles. The molecule has 0 heterocycles. The van der Waals surface area contributed by atoms with E-state index in [0.717, 1.165) is 39.6 Å². The largest absolute Gasteiger partial charge is 0.497 e. The number of aliphatic carboxylic acids is 1. The van der Waals surface area contributed by atoms with Gasteiger partial charge in [0, 0.05) is 28.4 Å². The summed E-state index contributed by atoms with van der Waals surface area (Å²) in [5.74, 6) is 0.0334. The minimum Gasteiger partial charge on any atom is -0.497 e. The molecule has 4 aromatic carbocycles. The molecule has 40 heavy (non-hydrogen) atoms. The maximum Gasteiger partial charge on any atom is 0.305 e. The summed E-state index contributed by atoms with van der Waals surface area (Å²) in [6.45, 7) is 1.98. The summed E-state index contributed by atoms with van der Waals surface area (Å²) in [6, 6.07) is 23.6. The van der Waals surface area contributed by atoms with E-state index in [4.69, 9.17) is 31.6 Å². The van der Waals surface area contributed by atoms with Gasteiger partial charge in [-0.1, -0.05) is 35.9 Å². The van der Waals surface area contributed by atoms with Gasteiger partial charge in [0.05, 0.1) is 25.4 Å². The zero-order chi connectivity index (χ0) is 28.6. The summed E-state index contributed by atoms with van der Waals surface area (Å²) in [5.41, 5.74) is 3.40. The Morgan fingerprint density at radius 2 is 1.60 bits per heavy atom. The Balaban J connectivity index is 1.69. The molecule has 204 valence electrons. The number of benzene rings is 4. The lowest BCUT2D eigenvalue weighted by molar-refractivity contribution is -0.136. The summed E-state index contributed by atoms with van der Waals surface area (Å²) in [5, 5.41) is 25.4. The molecule has 0 unspecified atom stereocenters. The molecule has 0 spiro atoms. The summed E-state index contributed by atoms with van der Waals surface area (Å²) in [4.78, 5) is 23.0. The highest BCUT2D eigenvalue weighted by molar-refractivity contribution is 6.31. The second-order valence-corrected chi connectivity index (χ2v) is 9.36. The first-order valence-electron chi connectivity index (χ1n) is 12.4. The van der Waals surface area contributed by atoms with Crippen LogP contribution in [0.4, 0.5) is 5.69 Å². The fourth-order valence-corrected chi connectivity index (χ4v) is 4.16. The standard InChI is InChI=1S/C31H28ClN3O5/c1-19-3-9-24(32)17-27(19)35-30(23-5-4-22-16-26(39-2)12-8-21(22)15-23)28(18-33)40-25-10-6-20(7-11-25)31(38)34-14-13-29(36)37/h3-12,15-18,33,35H,13-14H2,1-2H3,(H,34,38)(H,36,37)/b30-28+,33-18?. The lowest BCUT2D eigenvalue weighted by atomic mass is 10.0. The van der Waals surface area contributed by atoms with Crippen LogP contribution < -0.4 is 20.1 Å². The van der Waals surface area contributed by atoms with Crippen LogP contribution in [0.2, 0.25) is 5.02 Å². The smallest absolute Gasteiger partial charge is 0.305 e. The van der Waals surface area contributed by atoms with Gasteiger partial charge in [0.2, 0.25) is 0 Å². The monoisotopic (exact) mass is 557 g/mol. The molecule has 0 saturated heterocycles. The maximum atomic E-state index is 12.3. The Morgan fingerprint density at radius 3 is 2.30 bits per heavy atom. The maximum absolute atomic E-state index is 12.3. The number of carbonyl (C=O) groups excluding carboxylic acids is 1. The van der Waals surface area contributed by atoms with Crippen LogP contribution in [0.3, 0.4) is 0 Å². The number of ether oxygens (including phenoxy) is 2. The molecule has 0 aliphatic carbocycles. The number of anilines is 1. The fraction of sp³-hybridized carbons (Fsp3) is 0.129. The molecule has 0 radical (unpaired) electrons. The van der Waals surface area contributed by atoms with Gasteiger partial charge in [-0.05, 0) is 77.9 Å². The van der Waals surface area contributed by atoms with Crippen LogP contribution in [0.1, 0.15) is 27.9 Å². The quantitative estimate of drug-likeness (QED) is 0.123. The van der Waals surface area contributed by atoms with Crippen LogP contribution in [-0.4, -0.2) is 36.9 Å². The normalized spacial score (nSPS) is 11.4. The van der Waals surface area contributed by atoms with E-state index in [1.54, 1.807) is 31.4 Å². The number of hydrogen-bond donors (Lipinski definition) is 4. The highest BCUT2D eigenvalue weighted by Crippen LogP contribution is 2.30. The number of carboxylic acids is 1. The molecule has 4 rings (SSSR count). The number of aryl methyl sites for hydroxylation is 1. The lowest BCUT2D eigenvalue weighted by Crippen LogP contribution is -2.25. The summed E-state index contributed by atoms with van der Waals surface area (Å²) < 4.78 is 11.5. The van der Waals surface area contributed by atoms with Gasteiger partial charge in [-0.15, -0.1) is 0 Å². The second-order valence-electron chi connectivity index (χ2n) is 8.92. The van der Waals surface area contributed by atoms with Gasteiger partial charge >= 0.3 is 5.97 Å². The summed E-state index contributed by atoms with van der Waals surface area (Å²) in [6.07, 6.45) is 0.956. The van der Waals surface area contributed by atoms with Crippen molar-refractivity contribution < 1.29 is 24.2 Å². The van der Waals surface area contributed by atoms with Gasteiger partial charge in [-0.3, -0.25) is 9.59 Å². The summed E-state index contributed by atoms with van der Waals surface area (Å²) >= 11 is 6.28. The topological polar surface area (TPSA) is 121 Å². The molecule has 0 fully saturated rings. The van der Waals surface area contributed by atoms with Crippen LogP contribution in [0.25, 0.3) is 16.5 Å². The average molecular weight is 558 g/mol. The van der Waals surface area contributed by atoms with E-state index in [0.29, 0.717) is 22.0 Å². The van der Waals surface area contributed by atoms with Gasteiger partial charge in [0.25, 0.3) is 5.91 Å².